The summed E-state index contributed by atoms with van der Waals surface area (Å²) in [6, 6.07) is 5.76. The second kappa shape index (κ2) is 10.4. The summed E-state index contributed by atoms with van der Waals surface area (Å²) in [4.78, 5) is 24.5. The first-order chi connectivity index (χ1) is 14.9. The SMILES string of the molecule is CCOc1cn(-c2ccc(F)cc2)nc1C(=O)Nc1nnc(SCC(=O)NC(C)C)s1. The second-order valence-corrected chi connectivity index (χ2v) is 8.73. The Bertz CT molecular complexity index is 1050. The third-order valence-electron chi connectivity index (χ3n) is 3.69. The lowest BCUT2D eigenvalue weighted by molar-refractivity contribution is -0.119. The van der Waals surface area contributed by atoms with Crippen molar-refractivity contribution in [2.45, 2.75) is 31.2 Å². The van der Waals surface area contributed by atoms with E-state index in [1.807, 2.05) is 13.8 Å². The fourth-order valence-corrected chi connectivity index (χ4v) is 4.03. The van der Waals surface area contributed by atoms with Crippen LogP contribution in [0.25, 0.3) is 5.69 Å². The number of carbonyl (C=O) groups excluding carboxylic acids is 2. The summed E-state index contributed by atoms with van der Waals surface area (Å²) in [5.74, 6) is -0.500. The number of halogens is 1. The molecule has 0 aliphatic heterocycles. The van der Waals surface area contributed by atoms with Crippen molar-refractivity contribution in [1.29, 1.82) is 0 Å². The molecule has 0 saturated heterocycles. The maximum atomic E-state index is 13.2. The fourth-order valence-electron chi connectivity index (χ4n) is 2.47. The Labute approximate surface area is 186 Å². The molecule has 3 rings (SSSR count). The molecule has 2 aromatic heterocycles. The minimum absolute atomic E-state index is 0.0617. The van der Waals surface area contributed by atoms with Gasteiger partial charge in [-0.2, -0.15) is 5.10 Å². The summed E-state index contributed by atoms with van der Waals surface area (Å²) >= 11 is 2.39. The molecule has 31 heavy (non-hydrogen) atoms. The maximum absolute atomic E-state index is 13.2. The maximum Gasteiger partial charge on any atom is 0.281 e. The summed E-state index contributed by atoms with van der Waals surface area (Å²) in [7, 11) is 0. The summed E-state index contributed by atoms with van der Waals surface area (Å²) < 4.78 is 20.7. The predicted octanol–water partition coefficient (Wildman–Crippen LogP) is 3.13. The van der Waals surface area contributed by atoms with Crippen molar-refractivity contribution < 1.29 is 18.7 Å². The molecular formula is C19H21FN6O3S2. The molecule has 0 aliphatic rings. The Morgan fingerprint density at radius 3 is 2.68 bits per heavy atom. The number of thioether (sulfide) groups is 1. The average molecular weight is 465 g/mol. The number of amides is 2. The molecule has 2 amide bonds. The largest absolute Gasteiger partial charge is 0.490 e. The minimum Gasteiger partial charge on any atom is -0.490 e. The van der Waals surface area contributed by atoms with E-state index in [4.69, 9.17) is 4.74 Å². The van der Waals surface area contributed by atoms with Crippen LogP contribution in [0.5, 0.6) is 5.75 Å². The van der Waals surface area contributed by atoms with Crippen LogP contribution in [0.3, 0.4) is 0 Å². The smallest absolute Gasteiger partial charge is 0.281 e. The van der Waals surface area contributed by atoms with E-state index in [-0.39, 0.29) is 40.1 Å². The quantitative estimate of drug-likeness (QED) is 0.370. The molecule has 0 aliphatic carbocycles. The lowest BCUT2D eigenvalue weighted by Gasteiger charge is -2.06. The summed E-state index contributed by atoms with van der Waals surface area (Å²) in [5.41, 5.74) is 0.641. The first kappa shape index (κ1) is 22.7. The highest BCUT2D eigenvalue weighted by molar-refractivity contribution is 8.01. The highest BCUT2D eigenvalue weighted by Gasteiger charge is 2.21. The molecule has 2 N–H and O–H groups in total. The van der Waals surface area contributed by atoms with E-state index in [1.165, 1.54) is 28.6 Å². The van der Waals surface area contributed by atoms with Crippen molar-refractivity contribution in [2.24, 2.45) is 0 Å². The minimum atomic E-state index is -0.519. The molecule has 1 aromatic carbocycles. The van der Waals surface area contributed by atoms with Crippen LogP contribution in [0.15, 0.2) is 34.8 Å². The zero-order valence-electron chi connectivity index (χ0n) is 17.1. The Morgan fingerprint density at radius 2 is 2.00 bits per heavy atom. The Morgan fingerprint density at radius 1 is 1.26 bits per heavy atom. The number of anilines is 1. The van der Waals surface area contributed by atoms with E-state index in [0.717, 1.165) is 11.3 Å². The molecule has 2 heterocycles. The molecule has 0 unspecified atom stereocenters. The van der Waals surface area contributed by atoms with Gasteiger partial charge < -0.3 is 10.1 Å². The van der Waals surface area contributed by atoms with E-state index in [1.54, 1.807) is 25.3 Å². The number of hydrogen-bond donors (Lipinski definition) is 2. The lowest BCUT2D eigenvalue weighted by Crippen LogP contribution is -2.31. The summed E-state index contributed by atoms with van der Waals surface area (Å²) in [6.45, 7) is 5.90. The molecule has 0 radical (unpaired) electrons. The molecule has 3 aromatic rings. The van der Waals surface area contributed by atoms with E-state index >= 15 is 0 Å². The molecule has 9 nitrogen and oxygen atoms in total. The lowest BCUT2D eigenvalue weighted by atomic mass is 10.3. The molecule has 0 fully saturated rings. The highest BCUT2D eigenvalue weighted by Crippen LogP contribution is 2.27. The Balaban J connectivity index is 1.69. The van der Waals surface area contributed by atoms with Gasteiger partial charge in [-0.3, -0.25) is 14.9 Å². The third kappa shape index (κ3) is 6.25. The molecule has 0 spiro atoms. The first-order valence-electron chi connectivity index (χ1n) is 9.41. The first-order valence-corrected chi connectivity index (χ1v) is 11.2. The number of aromatic nitrogens is 4. The second-order valence-electron chi connectivity index (χ2n) is 6.53. The van der Waals surface area contributed by atoms with Gasteiger partial charge in [0.25, 0.3) is 5.91 Å². The van der Waals surface area contributed by atoms with Crippen LogP contribution in [0.2, 0.25) is 0 Å². The van der Waals surface area contributed by atoms with E-state index in [9.17, 15) is 14.0 Å². The van der Waals surface area contributed by atoms with E-state index in [0.29, 0.717) is 16.6 Å². The predicted molar refractivity (Wildman–Crippen MR) is 117 cm³/mol. The van der Waals surface area contributed by atoms with Crippen molar-refractivity contribution in [3.05, 3.63) is 42.0 Å². The molecule has 164 valence electrons. The van der Waals surface area contributed by atoms with Crippen molar-refractivity contribution in [2.75, 3.05) is 17.7 Å². The number of benzene rings is 1. The normalized spacial score (nSPS) is 10.9. The zero-order chi connectivity index (χ0) is 22.4. The van der Waals surface area contributed by atoms with Crippen LogP contribution in [0.1, 0.15) is 31.3 Å². The van der Waals surface area contributed by atoms with Gasteiger partial charge >= 0.3 is 0 Å². The summed E-state index contributed by atoms with van der Waals surface area (Å²) in [6.07, 6.45) is 1.56. The third-order valence-corrected chi connectivity index (χ3v) is 5.66. The number of ether oxygens (including phenoxy) is 1. The molecule has 0 bridgehead atoms. The van der Waals surface area contributed by atoms with E-state index < -0.39 is 5.91 Å². The van der Waals surface area contributed by atoms with E-state index in [2.05, 4.69) is 25.9 Å². The summed E-state index contributed by atoms with van der Waals surface area (Å²) in [5, 5.41) is 17.9. The Hall–Kier alpha value is -2.99. The fraction of sp³-hybridized carbons (Fsp3) is 0.316. The monoisotopic (exact) mass is 464 g/mol. The van der Waals surface area contributed by atoms with Gasteiger partial charge in [-0.05, 0) is 45.0 Å². The number of hydrogen-bond acceptors (Lipinski definition) is 8. The Kier molecular flexibility index (Phi) is 7.58. The standard InChI is InChI=1S/C19H21FN6O3S2/c1-4-29-14-9-26(13-7-5-12(20)6-8-13)25-16(14)17(28)22-18-23-24-19(31-18)30-10-15(27)21-11(2)3/h5-9,11H,4,10H2,1-3H3,(H,21,27)(H,22,23,28). The van der Waals surface area contributed by atoms with Crippen LogP contribution in [-0.2, 0) is 4.79 Å². The molecule has 0 saturated carbocycles. The van der Waals surface area contributed by atoms with Gasteiger partial charge in [0.2, 0.25) is 11.0 Å². The number of nitrogens with zero attached hydrogens (tertiary/aromatic N) is 4. The molecule has 0 atom stereocenters. The number of carbonyl (C=O) groups is 2. The van der Waals surface area contributed by atoms with Crippen molar-refractivity contribution in [1.82, 2.24) is 25.3 Å². The van der Waals surface area contributed by atoms with Gasteiger partial charge in [-0.25, -0.2) is 9.07 Å². The van der Waals surface area contributed by atoms with Gasteiger partial charge in [-0.15, -0.1) is 10.2 Å². The van der Waals surface area contributed by atoms with Crippen LogP contribution in [0, 0.1) is 5.82 Å². The van der Waals surface area contributed by atoms with Crippen LogP contribution in [0.4, 0.5) is 9.52 Å². The molecular weight excluding hydrogens is 443 g/mol. The van der Waals surface area contributed by atoms with Gasteiger partial charge in [0.15, 0.2) is 15.8 Å². The van der Waals surface area contributed by atoms with Crippen molar-refractivity contribution in [3.8, 4) is 11.4 Å². The van der Waals surface area contributed by atoms with Crippen LogP contribution < -0.4 is 15.4 Å². The van der Waals surface area contributed by atoms with Gasteiger partial charge in [-0.1, -0.05) is 23.1 Å². The highest BCUT2D eigenvalue weighted by atomic mass is 32.2. The van der Waals surface area contributed by atoms with Crippen molar-refractivity contribution >= 4 is 40.0 Å². The average Bonchev–Trinajstić information content (AvgIpc) is 3.34. The number of rotatable bonds is 9. The van der Waals surface area contributed by atoms with Gasteiger partial charge in [0.1, 0.15) is 5.82 Å². The van der Waals surface area contributed by atoms with Crippen LogP contribution in [-0.4, -0.2) is 50.2 Å². The van der Waals surface area contributed by atoms with Gasteiger partial charge in [0, 0.05) is 6.04 Å². The van der Waals surface area contributed by atoms with Crippen LogP contribution >= 0.6 is 23.1 Å². The molecule has 12 heteroatoms. The number of nitrogens with one attached hydrogen (secondary N) is 2. The topological polar surface area (TPSA) is 111 Å². The zero-order valence-corrected chi connectivity index (χ0v) is 18.7. The van der Waals surface area contributed by atoms with Crippen molar-refractivity contribution in [3.63, 3.8) is 0 Å². The van der Waals surface area contributed by atoms with Gasteiger partial charge in [0.05, 0.1) is 24.2 Å².